The third kappa shape index (κ3) is 3.81. The van der Waals surface area contributed by atoms with Crippen molar-refractivity contribution in [3.05, 3.63) is 23.4 Å². The Labute approximate surface area is 103 Å². The van der Waals surface area contributed by atoms with E-state index in [1.807, 2.05) is 6.92 Å². The lowest BCUT2D eigenvalue weighted by atomic mass is 10.2. The highest BCUT2D eigenvalue weighted by Crippen LogP contribution is 2.10. The summed E-state index contributed by atoms with van der Waals surface area (Å²) in [5.74, 6) is -0.380. The molecule has 0 aliphatic carbocycles. The number of carboxylic acids is 1. The van der Waals surface area contributed by atoms with Crippen LogP contribution in [0.1, 0.15) is 23.0 Å². The van der Waals surface area contributed by atoms with Crippen molar-refractivity contribution in [1.82, 2.24) is 4.98 Å². The molecule has 0 fully saturated rings. The van der Waals surface area contributed by atoms with Gasteiger partial charge in [-0.15, -0.1) is 0 Å². The maximum Gasteiger partial charge on any atom is 0.337 e. The second kappa shape index (κ2) is 5.77. The van der Waals surface area contributed by atoms with Gasteiger partial charge in [0.1, 0.15) is 5.82 Å². The van der Waals surface area contributed by atoms with Crippen molar-refractivity contribution in [3.8, 4) is 0 Å². The molecule has 0 spiro atoms. The Bertz CT molecular complexity index is 448. The van der Waals surface area contributed by atoms with Gasteiger partial charge in [0.25, 0.3) is 0 Å². The van der Waals surface area contributed by atoms with E-state index in [4.69, 9.17) is 5.11 Å². The summed E-state index contributed by atoms with van der Waals surface area (Å²) >= 11 is 0. The zero-order valence-corrected chi connectivity index (χ0v) is 10.9. The van der Waals surface area contributed by atoms with Gasteiger partial charge >= 0.3 is 5.97 Å². The Morgan fingerprint density at radius 1 is 1.59 bits per heavy atom. The fourth-order valence-corrected chi connectivity index (χ4v) is 1.57. The SMILES string of the molecule is Cc1nc(NCC(C)S(C)=O)ccc1C(=O)O. The molecule has 5 nitrogen and oxygen atoms in total. The zero-order chi connectivity index (χ0) is 13.0. The number of nitrogens with one attached hydrogen (secondary N) is 1. The molecule has 0 aliphatic rings. The van der Waals surface area contributed by atoms with Gasteiger partial charge in [0.2, 0.25) is 0 Å². The van der Waals surface area contributed by atoms with Gasteiger partial charge in [-0.1, -0.05) is 0 Å². The van der Waals surface area contributed by atoms with E-state index < -0.39 is 16.8 Å². The van der Waals surface area contributed by atoms with Gasteiger partial charge in [-0.3, -0.25) is 4.21 Å². The number of pyridine rings is 1. The number of carbonyl (C=O) groups is 1. The molecule has 1 rings (SSSR count). The van der Waals surface area contributed by atoms with Gasteiger partial charge in [0.05, 0.1) is 11.3 Å². The average molecular weight is 256 g/mol. The standard InChI is InChI=1S/C11H16N2O3S/c1-7(17(3)16)6-12-10-5-4-9(11(14)15)8(2)13-10/h4-5,7H,6H2,1-3H3,(H,12,13)(H,14,15). The van der Waals surface area contributed by atoms with Gasteiger partial charge in [0, 0.05) is 28.9 Å². The molecule has 2 atom stereocenters. The highest BCUT2D eigenvalue weighted by Gasteiger charge is 2.10. The fraction of sp³-hybridized carbons (Fsp3) is 0.455. The molecule has 2 N–H and O–H groups in total. The van der Waals surface area contributed by atoms with Crippen LogP contribution in [0.25, 0.3) is 0 Å². The summed E-state index contributed by atoms with van der Waals surface area (Å²) in [6.45, 7) is 4.07. The van der Waals surface area contributed by atoms with Gasteiger partial charge < -0.3 is 10.4 Å². The van der Waals surface area contributed by atoms with Crippen molar-refractivity contribution in [2.24, 2.45) is 0 Å². The smallest absolute Gasteiger partial charge is 0.337 e. The first-order valence-corrected chi connectivity index (χ1v) is 6.81. The number of hydrogen-bond acceptors (Lipinski definition) is 4. The molecule has 6 heteroatoms. The van der Waals surface area contributed by atoms with Crippen LogP contribution in [0.15, 0.2) is 12.1 Å². The summed E-state index contributed by atoms with van der Waals surface area (Å²) in [7, 11) is -0.885. The maximum atomic E-state index is 11.1. The number of hydrogen-bond donors (Lipinski definition) is 2. The topological polar surface area (TPSA) is 79.3 Å². The highest BCUT2D eigenvalue weighted by molar-refractivity contribution is 7.84. The third-order valence-electron chi connectivity index (χ3n) is 2.45. The molecule has 0 bridgehead atoms. The van der Waals surface area contributed by atoms with Crippen molar-refractivity contribution in [2.75, 3.05) is 18.1 Å². The minimum Gasteiger partial charge on any atom is -0.478 e. The molecule has 17 heavy (non-hydrogen) atoms. The predicted molar refractivity (Wildman–Crippen MR) is 68.0 cm³/mol. The summed E-state index contributed by atoms with van der Waals surface area (Å²) in [5, 5.41) is 11.9. The van der Waals surface area contributed by atoms with Crippen LogP contribution in [0.3, 0.4) is 0 Å². The second-order valence-corrected chi connectivity index (χ2v) is 5.63. The van der Waals surface area contributed by atoms with Crippen molar-refractivity contribution in [3.63, 3.8) is 0 Å². The van der Waals surface area contributed by atoms with Crippen LogP contribution in [0.5, 0.6) is 0 Å². The molecule has 0 aliphatic heterocycles. The summed E-state index contributed by atoms with van der Waals surface area (Å²) in [6, 6.07) is 3.13. The van der Waals surface area contributed by atoms with Crippen LogP contribution in [0.2, 0.25) is 0 Å². The molecule has 0 saturated heterocycles. The van der Waals surface area contributed by atoms with E-state index in [0.29, 0.717) is 18.1 Å². The number of rotatable bonds is 5. The largest absolute Gasteiger partial charge is 0.478 e. The number of aromatic carboxylic acids is 1. The Morgan fingerprint density at radius 3 is 2.71 bits per heavy atom. The van der Waals surface area contributed by atoms with E-state index >= 15 is 0 Å². The average Bonchev–Trinajstić information content (AvgIpc) is 2.25. The number of anilines is 1. The van der Waals surface area contributed by atoms with Crippen LogP contribution < -0.4 is 5.32 Å². The lowest BCUT2D eigenvalue weighted by Gasteiger charge is -2.11. The van der Waals surface area contributed by atoms with Crippen molar-refractivity contribution >= 4 is 22.6 Å². The minimum absolute atomic E-state index is 0.0243. The van der Waals surface area contributed by atoms with Crippen LogP contribution >= 0.6 is 0 Å². The van der Waals surface area contributed by atoms with E-state index in [1.165, 1.54) is 6.07 Å². The molecule has 2 unspecified atom stereocenters. The molecule has 0 aromatic carbocycles. The number of aromatic nitrogens is 1. The molecular weight excluding hydrogens is 240 g/mol. The van der Waals surface area contributed by atoms with Crippen LogP contribution in [-0.2, 0) is 10.8 Å². The summed E-state index contributed by atoms with van der Waals surface area (Å²) < 4.78 is 11.1. The molecule has 1 heterocycles. The Balaban J connectivity index is 2.71. The van der Waals surface area contributed by atoms with E-state index in [0.717, 1.165) is 0 Å². The first-order chi connectivity index (χ1) is 7.91. The second-order valence-electron chi connectivity index (χ2n) is 3.82. The molecular formula is C11H16N2O3S. The molecule has 0 amide bonds. The lowest BCUT2D eigenvalue weighted by molar-refractivity contribution is 0.0695. The summed E-state index contributed by atoms with van der Waals surface area (Å²) in [6.07, 6.45) is 1.65. The van der Waals surface area contributed by atoms with Gasteiger partial charge in [-0.25, -0.2) is 9.78 Å². The summed E-state index contributed by atoms with van der Waals surface area (Å²) in [5.41, 5.74) is 0.662. The molecule has 1 aromatic rings. The van der Waals surface area contributed by atoms with Crippen LogP contribution in [0.4, 0.5) is 5.82 Å². The molecule has 1 aromatic heterocycles. The van der Waals surface area contributed by atoms with Crippen molar-refractivity contribution < 1.29 is 14.1 Å². The summed E-state index contributed by atoms with van der Waals surface area (Å²) in [4.78, 5) is 14.9. The monoisotopic (exact) mass is 256 g/mol. The highest BCUT2D eigenvalue weighted by atomic mass is 32.2. The minimum atomic E-state index is -0.982. The Kier molecular flexibility index (Phi) is 4.62. The Hall–Kier alpha value is -1.43. The molecule has 0 radical (unpaired) electrons. The van der Waals surface area contributed by atoms with Crippen LogP contribution in [0, 0.1) is 6.92 Å². The van der Waals surface area contributed by atoms with E-state index in [1.54, 1.807) is 19.2 Å². The van der Waals surface area contributed by atoms with Crippen LogP contribution in [-0.4, -0.2) is 38.3 Å². The van der Waals surface area contributed by atoms with Gasteiger partial charge in [0.15, 0.2) is 0 Å². The normalized spacial score (nSPS) is 14.1. The number of carboxylic acid groups (broad SMARTS) is 1. The van der Waals surface area contributed by atoms with E-state index in [2.05, 4.69) is 10.3 Å². The van der Waals surface area contributed by atoms with Crippen molar-refractivity contribution in [1.29, 1.82) is 0 Å². The third-order valence-corrected chi connectivity index (χ3v) is 3.75. The number of nitrogens with zero attached hydrogens (tertiary/aromatic N) is 1. The lowest BCUT2D eigenvalue weighted by Crippen LogP contribution is -2.21. The zero-order valence-electron chi connectivity index (χ0n) is 10.1. The van der Waals surface area contributed by atoms with Gasteiger partial charge in [-0.2, -0.15) is 0 Å². The quantitative estimate of drug-likeness (QED) is 0.829. The Morgan fingerprint density at radius 2 is 2.24 bits per heavy atom. The van der Waals surface area contributed by atoms with E-state index in [-0.39, 0.29) is 10.8 Å². The maximum absolute atomic E-state index is 11.1. The van der Waals surface area contributed by atoms with Gasteiger partial charge in [-0.05, 0) is 26.0 Å². The molecule has 94 valence electrons. The number of aryl methyl sites for hydroxylation is 1. The molecule has 0 saturated carbocycles. The predicted octanol–water partition coefficient (Wildman–Crippen LogP) is 1.27. The van der Waals surface area contributed by atoms with Crippen molar-refractivity contribution in [2.45, 2.75) is 19.1 Å². The van der Waals surface area contributed by atoms with E-state index in [9.17, 15) is 9.00 Å². The first-order valence-electron chi connectivity index (χ1n) is 5.19. The fourth-order valence-electron chi connectivity index (χ4n) is 1.25. The first kappa shape index (κ1) is 13.6.